The zero-order valence-electron chi connectivity index (χ0n) is 10.7. The van der Waals surface area contributed by atoms with Crippen LogP contribution in [0.1, 0.15) is 39.2 Å². The summed E-state index contributed by atoms with van der Waals surface area (Å²) in [4.78, 5) is 0. The van der Waals surface area contributed by atoms with Crippen LogP contribution >= 0.6 is 0 Å². The van der Waals surface area contributed by atoms with E-state index >= 15 is 0 Å². The molecule has 0 aliphatic carbocycles. The first-order valence-corrected chi connectivity index (χ1v) is 6.05. The van der Waals surface area contributed by atoms with Gasteiger partial charge >= 0.3 is 0 Å². The van der Waals surface area contributed by atoms with Crippen LogP contribution in [0.15, 0.2) is 18.2 Å². The highest BCUT2D eigenvalue weighted by atomic mass is 16.3. The summed E-state index contributed by atoms with van der Waals surface area (Å²) in [7, 11) is 0. The minimum Gasteiger partial charge on any atom is -0.508 e. The standard InChI is InChI=1S/C14H23NO/c1-10(2)5-6-12(4)15-13-7-8-14(16)11(3)9-13/h7-10,12,15-16H,5-6H2,1-4H3. The van der Waals surface area contributed by atoms with Crippen molar-refractivity contribution in [2.75, 3.05) is 5.32 Å². The number of hydrogen-bond acceptors (Lipinski definition) is 2. The lowest BCUT2D eigenvalue weighted by Crippen LogP contribution is -2.15. The average molecular weight is 221 g/mol. The fourth-order valence-electron chi connectivity index (χ4n) is 1.69. The lowest BCUT2D eigenvalue weighted by atomic mass is 10.0. The normalized spacial score (nSPS) is 12.8. The summed E-state index contributed by atoms with van der Waals surface area (Å²) in [6, 6.07) is 6.13. The molecule has 16 heavy (non-hydrogen) atoms. The van der Waals surface area contributed by atoms with Crippen LogP contribution < -0.4 is 5.32 Å². The third-order valence-electron chi connectivity index (χ3n) is 2.79. The molecular formula is C14H23NO. The number of anilines is 1. The molecule has 0 aliphatic rings. The number of rotatable bonds is 5. The molecule has 0 radical (unpaired) electrons. The molecule has 90 valence electrons. The molecule has 0 saturated heterocycles. The quantitative estimate of drug-likeness (QED) is 0.738. The molecule has 1 aromatic carbocycles. The van der Waals surface area contributed by atoms with Gasteiger partial charge in [-0.1, -0.05) is 13.8 Å². The average Bonchev–Trinajstić information content (AvgIpc) is 2.21. The number of benzene rings is 1. The second kappa shape index (κ2) is 5.78. The van der Waals surface area contributed by atoms with Gasteiger partial charge in [-0.2, -0.15) is 0 Å². The van der Waals surface area contributed by atoms with Crippen LogP contribution in [0.4, 0.5) is 5.69 Å². The molecule has 1 atom stereocenters. The predicted molar refractivity (Wildman–Crippen MR) is 70.0 cm³/mol. The lowest BCUT2D eigenvalue weighted by molar-refractivity contribution is 0.471. The minimum atomic E-state index is 0.361. The molecule has 0 aromatic heterocycles. The Hall–Kier alpha value is -1.18. The second-order valence-electron chi connectivity index (χ2n) is 5.02. The van der Waals surface area contributed by atoms with E-state index in [0.717, 1.165) is 17.2 Å². The Morgan fingerprint density at radius 2 is 1.88 bits per heavy atom. The van der Waals surface area contributed by atoms with Crippen LogP contribution in [0.5, 0.6) is 5.75 Å². The molecule has 0 saturated carbocycles. The zero-order chi connectivity index (χ0) is 12.1. The van der Waals surface area contributed by atoms with E-state index in [2.05, 4.69) is 26.1 Å². The molecule has 0 amide bonds. The van der Waals surface area contributed by atoms with E-state index in [9.17, 15) is 5.11 Å². The van der Waals surface area contributed by atoms with Gasteiger partial charge in [0, 0.05) is 11.7 Å². The molecule has 0 bridgehead atoms. The van der Waals surface area contributed by atoms with Gasteiger partial charge in [-0.05, 0) is 56.4 Å². The Morgan fingerprint density at radius 1 is 1.19 bits per heavy atom. The maximum absolute atomic E-state index is 9.43. The van der Waals surface area contributed by atoms with Gasteiger partial charge in [-0.15, -0.1) is 0 Å². The number of aromatic hydroxyl groups is 1. The molecule has 2 nitrogen and oxygen atoms in total. The second-order valence-corrected chi connectivity index (χ2v) is 5.02. The van der Waals surface area contributed by atoms with E-state index in [1.807, 2.05) is 19.1 Å². The van der Waals surface area contributed by atoms with Crippen molar-refractivity contribution in [2.45, 2.75) is 46.6 Å². The smallest absolute Gasteiger partial charge is 0.118 e. The van der Waals surface area contributed by atoms with Gasteiger partial charge in [0.25, 0.3) is 0 Å². The van der Waals surface area contributed by atoms with Gasteiger partial charge in [-0.3, -0.25) is 0 Å². The van der Waals surface area contributed by atoms with Crippen LogP contribution in [-0.4, -0.2) is 11.1 Å². The van der Waals surface area contributed by atoms with Crippen LogP contribution in [0.25, 0.3) is 0 Å². The van der Waals surface area contributed by atoms with E-state index in [0.29, 0.717) is 11.8 Å². The Labute approximate surface area is 98.7 Å². The van der Waals surface area contributed by atoms with E-state index in [1.165, 1.54) is 12.8 Å². The van der Waals surface area contributed by atoms with Gasteiger partial charge in [-0.25, -0.2) is 0 Å². The van der Waals surface area contributed by atoms with Gasteiger partial charge in [0.1, 0.15) is 5.75 Å². The first-order chi connectivity index (χ1) is 7.49. The van der Waals surface area contributed by atoms with Gasteiger partial charge < -0.3 is 10.4 Å². The molecule has 0 aliphatic heterocycles. The number of aryl methyl sites for hydroxylation is 1. The number of phenols is 1. The van der Waals surface area contributed by atoms with Gasteiger partial charge in [0.15, 0.2) is 0 Å². The third kappa shape index (κ3) is 4.13. The number of phenolic OH excluding ortho intramolecular Hbond substituents is 1. The van der Waals surface area contributed by atoms with Crippen LogP contribution in [-0.2, 0) is 0 Å². The molecule has 1 rings (SSSR count). The van der Waals surface area contributed by atoms with Gasteiger partial charge in [0.05, 0.1) is 0 Å². The van der Waals surface area contributed by atoms with E-state index in [1.54, 1.807) is 6.07 Å². The first-order valence-electron chi connectivity index (χ1n) is 6.05. The zero-order valence-corrected chi connectivity index (χ0v) is 10.7. The molecule has 0 spiro atoms. The van der Waals surface area contributed by atoms with Crippen molar-refractivity contribution < 1.29 is 5.11 Å². The predicted octanol–water partition coefficient (Wildman–Crippen LogP) is 3.94. The molecule has 0 heterocycles. The highest BCUT2D eigenvalue weighted by Crippen LogP contribution is 2.21. The largest absolute Gasteiger partial charge is 0.508 e. The summed E-state index contributed by atoms with van der Waals surface area (Å²) < 4.78 is 0. The topological polar surface area (TPSA) is 32.3 Å². The highest BCUT2D eigenvalue weighted by Gasteiger charge is 2.04. The Kier molecular flexibility index (Phi) is 4.66. The first kappa shape index (κ1) is 12.9. The summed E-state index contributed by atoms with van der Waals surface area (Å²) in [6.45, 7) is 8.61. The van der Waals surface area contributed by atoms with Crippen molar-refractivity contribution in [3.8, 4) is 5.75 Å². The Morgan fingerprint density at radius 3 is 2.44 bits per heavy atom. The van der Waals surface area contributed by atoms with Crippen LogP contribution in [0.2, 0.25) is 0 Å². The number of nitrogens with one attached hydrogen (secondary N) is 1. The monoisotopic (exact) mass is 221 g/mol. The van der Waals surface area contributed by atoms with Crippen molar-refractivity contribution >= 4 is 5.69 Å². The molecular weight excluding hydrogens is 198 g/mol. The van der Waals surface area contributed by atoms with Crippen molar-refractivity contribution in [2.24, 2.45) is 5.92 Å². The van der Waals surface area contributed by atoms with Crippen molar-refractivity contribution in [1.29, 1.82) is 0 Å². The lowest BCUT2D eigenvalue weighted by Gasteiger charge is -2.16. The highest BCUT2D eigenvalue weighted by molar-refractivity contribution is 5.50. The van der Waals surface area contributed by atoms with E-state index < -0.39 is 0 Å². The van der Waals surface area contributed by atoms with Gasteiger partial charge in [0.2, 0.25) is 0 Å². The van der Waals surface area contributed by atoms with Crippen molar-refractivity contribution in [3.05, 3.63) is 23.8 Å². The maximum Gasteiger partial charge on any atom is 0.118 e. The fourth-order valence-corrected chi connectivity index (χ4v) is 1.69. The van der Waals surface area contributed by atoms with E-state index in [4.69, 9.17) is 0 Å². The molecule has 1 unspecified atom stereocenters. The maximum atomic E-state index is 9.43. The van der Waals surface area contributed by atoms with Crippen molar-refractivity contribution in [3.63, 3.8) is 0 Å². The molecule has 0 fully saturated rings. The molecule has 2 heteroatoms. The summed E-state index contributed by atoms with van der Waals surface area (Å²) in [6.07, 6.45) is 2.42. The van der Waals surface area contributed by atoms with Crippen LogP contribution in [0.3, 0.4) is 0 Å². The summed E-state index contributed by atoms with van der Waals surface area (Å²) in [5.74, 6) is 1.12. The fraction of sp³-hybridized carbons (Fsp3) is 0.571. The summed E-state index contributed by atoms with van der Waals surface area (Å²) in [5.41, 5.74) is 2.01. The number of hydrogen-bond donors (Lipinski definition) is 2. The van der Waals surface area contributed by atoms with Crippen molar-refractivity contribution in [1.82, 2.24) is 0 Å². The molecule has 2 N–H and O–H groups in total. The summed E-state index contributed by atoms with van der Waals surface area (Å²) >= 11 is 0. The van der Waals surface area contributed by atoms with Crippen LogP contribution in [0, 0.1) is 12.8 Å². The van der Waals surface area contributed by atoms with E-state index in [-0.39, 0.29) is 0 Å². The SMILES string of the molecule is Cc1cc(NC(C)CCC(C)C)ccc1O. The Bertz CT molecular complexity index is 334. The summed E-state index contributed by atoms with van der Waals surface area (Å²) in [5, 5.41) is 12.9. The Balaban J connectivity index is 2.49. The minimum absolute atomic E-state index is 0.361. The third-order valence-corrected chi connectivity index (χ3v) is 2.79. The molecule has 1 aromatic rings.